The van der Waals surface area contributed by atoms with E-state index in [1.54, 1.807) is 0 Å². The molecule has 0 radical (unpaired) electrons. The molecule has 0 unspecified atom stereocenters. The maximum Gasteiger partial charge on any atom is 0.217 e. The number of hydrogen-bond donors (Lipinski definition) is 2. The molecule has 0 saturated heterocycles. The van der Waals surface area contributed by atoms with Gasteiger partial charge in [-0.2, -0.15) is 0 Å². The smallest absolute Gasteiger partial charge is 0.217 e. The monoisotopic (exact) mass is 207 g/mol. The summed E-state index contributed by atoms with van der Waals surface area (Å²) in [6.07, 6.45) is 1.37. The number of amides is 1. The van der Waals surface area contributed by atoms with Gasteiger partial charge in [0, 0.05) is 18.7 Å². The van der Waals surface area contributed by atoms with Gasteiger partial charge in [0.15, 0.2) is 11.6 Å². The Hall–Kier alpha value is -2.09. The van der Waals surface area contributed by atoms with Crippen LogP contribution in [0.5, 0.6) is 0 Å². The van der Waals surface area contributed by atoms with Crippen molar-refractivity contribution in [2.45, 2.75) is 6.92 Å². The first-order chi connectivity index (χ1) is 7.09. The molecule has 0 fully saturated rings. The van der Waals surface area contributed by atoms with Gasteiger partial charge in [0.1, 0.15) is 0 Å². The van der Waals surface area contributed by atoms with Crippen LogP contribution in [0.25, 0.3) is 0 Å². The van der Waals surface area contributed by atoms with E-state index in [1.165, 1.54) is 19.2 Å². The third-order valence-electron chi connectivity index (χ3n) is 1.53. The van der Waals surface area contributed by atoms with Gasteiger partial charge in [-0.05, 0) is 6.07 Å². The molecule has 0 atom stereocenters. The van der Waals surface area contributed by atoms with Crippen LogP contribution in [0, 0.1) is 17.7 Å². The number of carbonyl (C=O) groups is 1. The van der Waals surface area contributed by atoms with Crippen LogP contribution in [0.4, 0.5) is 10.2 Å². The molecular weight excluding hydrogens is 197 g/mol. The number of rotatable bonds is 1. The van der Waals surface area contributed by atoms with Gasteiger partial charge in [-0.1, -0.05) is 11.8 Å². The van der Waals surface area contributed by atoms with E-state index in [0.717, 1.165) is 0 Å². The lowest BCUT2D eigenvalue weighted by Crippen LogP contribution is -2.19. The van der Waals surface area contributed by atoms with E-state index in [9.17, 15) is 9.18 Å². The van der Waals surface area contributed by atoms with Crippen molar-refractivity contribution in [1.82, 2.24) is 10.3 Å². The molecule has 1 aromatic heterocycles. The zero-order chi connectivity index (χ0) is 11.3. The minimum atomic E-state index is -0.596. The highest BCUT2D eigenvalue weighted by Gasteiger charge is 1.98. The van der Waals surface area contributed by atoms with E-state index in [2.05, 4.69) is 22.1 Å². The zero-order valence-corrected chi connectivity index (χ0v) is 8.17. The molecule has 15 heavy (non-hydrogen) atoms. The summed E-state index contributed by atoms with van der Waals surface area (Å²) in [5.41, 5.74) is 5.62. The summed E-state index contributed by atoms with van der Waals surface area (Å²) in [7, 11) is 0. The molecule has 1 rings (SSSR count). The fourth-order valence-corrected chi connectivity index (χ4v) is 0.832. The van der Waals surface area contributed by atoms with Crippen molar-refractivity contribution in [3.63, 3.8) is 0 Å². The molecule has 0 aliphatic heterocycles. The van der Waals surface area contributed by atoms with Crippen molar-refractivity contribution < 1.29 is 9.18 Å². The van der Waals surface area contributed by atoms with Crippen LogP contribution in [0.2, 0.25) is 0 Å². The van der Waals surface area contributed by atoms with Gasteiger partial charge < -0.3 is 11.1 Å². The molecule has 0 bridgehead atoms. The maximum absolute atomic E-state index is 12.9. The number of anilines is 1. The Balaban J connectivity index is 2.64. The predicted octanol–water partition coefficient (Wildman–Crippen LogP) is 0.291. The van der Waals surface area contributed by atoms with Crippen LogP contribution >= 0.6 is 0 Å². The molecule has 3 N–H and O–H groups in total. The van der Waals surface area contributed by atoms with E-state index in [4.69, 9.17) is 5.73 Å². The number of nitrogens with zero attached hydrogens (tertiary/aromatic N) is 1. The number of aromatic nitrogens is 1. The molecule has 1 heterocycles. The Bertz CT molecular complexity index is 434. The van der Waals surface area contributed by atoms with Crippen LogP contribution in [0.3, 0.4) is 0 Å². The van der Waals surface area contributed by atoms with Crippen LogP contribution in [0.1, 0.15) is 12.5 Å². The first kappa shape index (κ1) is 11.0. The lowest BCUT2D eigenvalue weighted by molar-refractivity contribution is -0.118. The minimum Gasteiger partial charge on any atom is -0.381 e. The van der Waals surface area contributed by atoms with Gasteiger partial charge >= 0.3 is 0 Å². The second kappa shape index (κ2) is 4.96. The standard InChI is InChI=1S/C10H10FN3O/c1-7(15)13-4-2-3-8-5-9(11)10(12)14-6-8/h5-6H,4H2,1H3,(H2,12,14)(H,13,15). The largest absolute Gasteiger partial charge is 0.381 e. The molecule has 4 nitrogen and oxygen atoms in total. The molecular formula is C10H10FN3O. The summed E-state index contributed by atoms with van der Waals surface area (Å²) in [5.74, 6) is 4.39. The average Bonchev–Trinajstić information content (AvgIpc) is 2.18. The van der Waals surface area contributed by atoms with Gasteiger partial charge in [0.2, 0.25) is 5.91 Å². The van der Waals surface area contributed by atoms with Crippen LogP contribution < -0.4 is 11.1 Å². The first-order valence-corrected chi connectivity index (χ1v) is 4.24. The Labute approximate surface area is 86.7 Å². The molecule has 0 aliphatic rings. The van der Waals surface area contributed by atoms with Crippen molar-refractivity contribution in [2.75, 3.05) is 12.3 Å². The predicted molar refractivity (Wildman–Crippen MR) is 54.2 cm³/mol. The van der Waals surface area contributed by atoms with Gasteiger partial charge in [0.25, 0.3) is 0 Å². The summed E-state index contributed by atoms with van der Waals surface area (Å²) in [4.78, 5) is 14.1. The van der Waals surface area contributed by atoms with Crippen molar-refractivity contribution >= 4 is 11.7 Å². The Morgan fingerprint density at radius 2 is 2.47 bits per heavy atom. The van der Waals surface area contributed by atoms with Crippen molar-refractivity contribution in [3.05, 3.63) is 23.6 Å². The summed E-state index contributed by atoms with van der Waals surface area (Å²) in [6.45, 7) is 1.62. The molecule has 0 aliphatic carbocycles. The van der Waals surface area contributed by atoms with Crippen LogP contribution in [0.15, 0.2) is 12.3 Å². The molecule has 0 saturated carbocycles. The number of nitrogens with one attached hydrogen (secondary N) is 1. The molecule has 0 aromatic carbocycles. The number of hydrogen-bond acceptors (Lipinski definition) is 3. The number of halogens is 1. The minimum absolute atomic E-state index is 0.151. The normalized spacial score (nSPS) is 8.93. The average molecular weight is 207 g/mol. The highest BCUT2D eigenvalue weighted by atomic mass is 19.1. The maximum atomic E-state index is 12.9. The van der Waals surface area contributed by atoms with E-state index in [-0.39, 0.29) is 18.3 Å². The SMILES string of the molecule is CC(=O)NCC#Cc1cnc(N)c(F)c1. The first-order valence-electron chi connectivity index (χ1n) is 4.24. The number of nitrogens with two attached hydrogens (primary N) is 1. The van der Waals surface area contributed by atoms with Gasteiger partial charge in [-0.3, -0.25) is 4.79 Å². The van der Waals surface area contributed by atoms with Crippen molar-refractivity contribution in [1.29, 1.82) is 0 Å². The summed E-state index contributed by atoms with van der Waals surface area (Å²) >= 11 is 0. The van der Waals surface area contributed by atoms with Crippen LogP contribution in [-0.2, 0) is 4.79 Å². The molecule has 1 aromatic rings. The molecule has 1 amide bonds. The topological polar surface area (TPSA) is 68.0 Å². The Kier molecular flexibility index (Phi) is 3.63. The Morgan fingerprint density at radius 1 is 1.73 bits per heavy atom. The van der Waals surface area contributed by atoms with Gasteiger partial charge in [-0.15, -0.1) is 0 Å². The lowest BCUT2D eigenvalue weighted by atomic mass is 10.3. The summed E-state index contributed by atoms with van der Waals surface area (Å²) in [6, 6.07) is 1.20. The second-order valence-electron chi connectivity index (χ2n) is 2.80. The fourth-order valence-electron chi connectivity index (χ4n) is 0.832. The third-order valence-corrected chi connectivity index (χ3v) is 1.53. The van der Waals surface area contributed by atoms with Crippen molar-refractivity contribution in [3.8, 4) is 11.8 Å². The van der Waals surface area contributed by atoms with Gasteiger partial charge in [0.05, 0.1) is 6.54 Å². The molecule has 0 spiro atoms. The van der Waals surface area contributed by atoms with Gasteiger partial charge in [-0.25, -0.2) is 9.37 Å². The molecule has 78 valence electrons. The van der Waals surface area contributed by atoms with E-state index in [1.807, 2.05) is 0 Å². The quantitative estimate of drug-likeness (QED) is 0.650. The van der Waals surface area contributed by atoms with E-state index < -0.39 is 5.82 Å². The third kappa shape index (κ3) is 3.65. The Morgan fingerprint density at radius 3 is 3.07 bits per heavy atom. The highest BCUT2D eigenvalue weighted by Crippen LogP contribution is 2.06. The highest BCUT2D eigenvalue weighted by molar-refractivity contribution is 5.73. The second-order valence-corrected chi connectivity index (χ2v) is 2.80. The van der Waals surface area contributed by atoms with E-state index >= 15 is 0 Å². The van der Waals surface area contributed by atoms with E-state index in [0.29, 0.717) is 5.56 Å². The molecule has 5 heteroatoms. The number of pyridine rings is 1. The number of nitrogen functional groups attached to an aromatic ring is 1. The van der Waals surface area contributed by atoms with Crippen molar-refractivity contribution in [2.24, 2.45) is 0 Å². The summed E-state index contributed by atoms with van der Waals surface area (Å²) in [5, 5.41) is 2.49. The number of carbonyl (C=O) groups excluding carboxylic acids is 1. The summed E-state index contributed by atoms with van der Waals surface area (Å²) < 4.78 is 12.9. The van der Waals surface area contributed by atoms with Crippen LogP contribution in [-0.4, -0.2) is 17.4 Å². The fraction of sp³-hybridized carbons (Fsp3) is 0.200. The zero-order valence-electron chi connectivity index (χ0n) is 8.17. The lowest BCUT2D eigenvalue weighted by Gasteiger charge is -1.95.